The average Bonchev–Trinajstić information content (AvgIpc) is 3.42. The number of nitrogens with one attached hydrogen (secondary N) is 1. The molecular weight excluding hydrogens is 486 g/mol. The molecule has 0 atom stereocenters. The molecule has 1 aliphatic rings. The molecule has 2 amide bonds. The van der Waals surface area contributed by atoms with E-state index in [0.29, 0.717) is 49.1 Å². The van der Waals surface area contributed by atoms with Gasteiger partial charge in [0.05, 0.1) is 31.3 Å². The van der Waals surface area contributed by atoms with E-state index in [2.05, 4.69) is 23.0 Å². The van der Waals surface area contributed by atoms with Gasteiger partial charge < -0.3 is 9.88 Å². The fourth-order valence-corrected chi connectivity index (χ4v) is 5.50. The number of benzene rings is 3. The highest BCUT2D eigenvalue weighted by atomic mass is 16.2. The van der Waals surface area contributed by atoms with Gasteiger partial charge >= 0.3 is 5.91 Å². The SMILES string of the molecule is CCCC[N+]1(C(=O)Cc2cnc(Cc3ccc(C#N)cc3)[nH]2)CCN(C(=O)c2cccc3ccccc23)CC1. The monoisotopic (exact) mass is 520 g/mol. The maximum absolute atomic E-state index is 13.7. The zero-order valence-corrected chi connectivity index (χ0v) is 22.4. The number of carbonyl (C=O) groups excluding carboxylic acids is 2. The van der Waals surface area contributed by atoms with Crippen molar-refractivity contribution in [3.8, 4) is 6.07 Å². The van der Waals surface area contributed by atoms with Gasteiger partial charge in [-0.3, -0.25) is 9.28 Å². The highest BCUT2D eigenvalue weighted by molar-refractivity contribution is 6.07. The number of quaternary nitrogens is 1. The van der Waals surface area contributed by atoms with Crippen LogP contribution in [-0.2, 0) is 17.6 Å². The summed E-state index contributed by atoms with van der Waals surface area (Å²) in [7, 11) is 0. The van der Waals surface area contributed by atoms with E-state index in [4.69, 9.17) is 5.26 Å². The van der Waals surface area contributed by atoms with Gasteiger partial charge in [0, 0.05) is 23.9 Å². The number of hydrogen-bond donors (Lipinski definition) is 1. The zero-order chi connectivity index (χ0) is 27.2. The Morgan fingerprint density at radius 3 is 2.51 bits per heavy atom. The van der Waals surface area contributed by atoms with Crippen molar-refractivity contribution in [1.82, 2.24) is 14.9 Å². The van der Waals surface area contributed by atoms with Crippen molar-refractivity contribution < 1.29 is 14.1 Å². The molecular formula is C32H34N5O2+. The number of hydrogen-bond acceptors (Lipinski definition) is 4. The van der Waals surface area contributed by atoms with Crippen molar-refractivity contribution in [1.29, 1.82) is 5.26 Å². The Hall–Kier alpha value is -4.28. The Balaban J connectivity index is 1.26. The first kappa shape index (κ1) is 26.3. The Bertz CT molecular complexity index is 1500. The lowest BCUT2D eigenvalue weighted by atomic mass is 10.0. The number of piperazine rings is 1. The van der Waals surface area contributed by atoms with Crippen LogP contribution in [0.5, 0.6) is 0 Å². The van der Waals surface area contributed by atoms with Gasteiger partial charge in [0.25, 0.3) is 5.91 Å². The lowest BCUT2D eigenvalue weighted by molar-refractivity contribution is -0.859. The third-order valence-electron chi connectivity index (χ3n) is 7.85. The lowest BCUT2D eigenvalue weighted by Gasteiger charge is -2.42. The highest BCUT2D eigenvalue weighted by Crippen LogP contribution is 2.23. The van der Waals surface area contributed by atoms with Crippen LogP contribution >= 0.6 is 0 Å². The van der Waals surface area contributed by atoms with Crippen molar-refractivity contribution in [3.05, 3.63) is 101 Å². The first-order chi connectivity index (χ1) is 19.0. The van der Waals surface area contributed by atoms with E-state index < -0.39 is 0 Å². The molecule has 0 aliphatic carbocycles. The minimum absolute atomic E-state index is 0.0357. The minimum Gasteiger partial charge on any atom is -0.345 e. The van der Waals surface area contributed by atoms with Crippen LogP contribution < -0.4 is 0 Å². The molecule has 0 spiro atoms. The predicted molar refractivity (Wildman–Crippen MR) is 151 cm³/mol. The normalized spacial score (nSPS) is 14.7. The Kier molecular flexibility index (Phi) is 7.85. The molecule has 1 aromatic heterocycles. The number of nitriles is 1. The van der Waals surface area contributed by atoms with Gasteiger partial charge in [-0.1, -0.05) is 61.9 Å². The van der Waals surface area contributed by atoms with Crippen LogP contribution in [0.2, 0.25) is 0 Å². The van der Waals surface area contributed by atoms with E-state index in [1.807, 2.05) is 59.5 Å². The second-order valence-corrected chi connectivity index (χ2v) is 10.4. The summed E-state index contributed by atoms with van der Waals surface area (Å²) in [5.41, 5.74) is 3.22. The van der Waals surface area contributed by atoms with Crippen molar-refractivity contribution in [2.75, 3.05) is 32.7 Å². The number of imidazole rings is 1. The maximum atomic E-state index is 13.7. The summed E-state index contributed by atoms with van der Waals surface area (Å²) in [6.07, 6.45) is 4.65. The molecule has 39 heavy (non-hydrogen) atoms. The number of nitrogens with zero attached hydrogens (tertiary/aromatic N) is 4. The van der Waals surface area contributed by atoms with Crippen LogP contribution in [-0.4, -0.2) is 63.9 Å². The van der Waals surface area contributed by atoms with Crippen LogP contribution in [0.15, 0.2) is 72.9 Å². The Morgan fingerprint density at radius 2 is 1.77 bits per heavy atom. The van der Waals surface area contributed by atoms with Gasteiger partial charge in [-0.05, 0) is 41.0 Å². The molecule has 1 N–H and O–H groups in total. The molecule has 0 saturated carbocycles. The van der Waals surface area contributed by atoms with Crippen molar-refractivity contribution in [2.45, 2.75) is 32.6 Å². The van der Waals surface area contributed by atoms with Crippen LogP contribution in [0, 0.1) is 11.3 Å². The molecule has 1 saturated heterocycles. The molecule has 0 unspecified atom stereocenters. The van der Waals surface area contributed by atoms with Gasteiger partial charge in [0.2, 0.25) is 0 Å². The molecule has 0 bridgehead atoms. The molecule has 5 rings (SSSR count). The Labute approximate surface area is 229 Å². The quantitative estimate of drug-likeness (QED) is 0.336. The van der Waals surface area contributed by atoms with Gasteiger partial charge in [0.1, 0.15) is 25.3 Å². The van der Waals surface area contributed by atoms with E-state index >= 15 is 0 Å². The van der Waals surface area contributed by atoms with E-state index in [-0.39, 0.29) is 11.8 Å². The molecule has 7 nitrogen and oxygen atoms in total. The fraction of sp³-hybridized carbons (Fsp3) is 0.312. The molecule has 4 aromatic rings. The zero-order valence-electron chi connectivity index (χ0n) is 22.4. The van der Waals surface area contributed by atoms with E-state index in [1.54, 1.807) is 18.3 Å². The first-order valence-electron chi connectivity index (χ1n) is 13.7. The third-order valence-corrected chi connectivity index (χ3v) is 7.85. The summed E-state index contributed by atoms with van der Waals surface area (Å²) in [5, 5.41) is 11.0. The average molecular weight is 521 g/mol. The Morgan fingerprint density at radius 1 is 1.03 bits per heavy atom. The number of carbonyl (C=O) groups is 2. The molecule has 3 aromatic carbocycles. The number of H-pyrrole nitrogens is 1. The van der Waals surface area contributed by atoms with Crippen LogP contribution in [0.25, 0.3) is 10.8 Å². The number of rotatable bonds is 8. The highest BCUT2D eigenvalue weighted by Gasteiger charge is 2.41. The lowest BCUT2D eigenvalue weighted by Crippen LogP contribution is -2.64. The summed E-state index contributed by atoms with van der Waals surface area (Å²) in [5.74, 6) is 1.01. The van der Waals surface area contributed by atoms with Crippen molar-refractivity contribution >= 4 is 22.6 Å². The molecule has 1 aliphatic heterocycles. The third kappa shape index (κ3) is 5.76. The van der Waals surface area contributed by atoms with Crippen LogP contribution in [0.3, 0.4) is 0 Å². The van der Waals surface area contributed by atoms with Gasteiger partial charge in [-0.2, -0.15) is 5.26 Å². The van der Waals surface area contributed by atoms with Gasteiger partial charge in [-0.25, -0.2) is 9.78 Å². The standard InChI is InChI=1S/C32H34N5O2/c1-2-3-17-37(31(38)21-27-23-34-30(35-27)20-24-11-13-25(22-33)14-12-24)18-15-36(16-19-37)32(39)29-10-6-8-26-7-4-5-9-28(26)29/h4-14,23H,2-3,15-21H2,1H3,(H,34,35)/q+1. The maximum Gasteiger partial charge on any atom is 0.319 e. The van der Waals surface area contributed by atoms with E-state index in [1.165, 1.54) is 0 Å². The van der Waals surface area contributed by atoms with Crippen LogP contribution in [0.1, 0.15) is 52.8 Å². The number of aromatic amines is 1. The largest absolute Gasteiger partial charge is 0.345 e. The second-order valence-electron chi connectivity index (χ2n) is 10.4. The molecule has 0 radical (unpaired) electrons. The molecule has 1 fully saturated rings. The van der Waals surface area contributed by atoms with Gasteiger partial charge in [-0.15, -0.1) is 0 Å². The summed E-state index contributed by atoms with van der Waals surface area (Å²) in [6.45, 7) is 5.31. The van der Waals surface area contributed by atoms with Crippen molar-refractivity contribution in [2.24, 2.45) is 0 Å². The molecule has 2 heterocycles. The second kappa shape index (κ2) is 11.6. The van der Waals surface area contributed by atoms with Gasteiger partial charge in [0.15, 0.2) is 0 Å². The molecule has 7 heteroatoms. The summed E-state index contributed by atoms with van der Waals surface area (Å²) >= 11 is 0. The van der Waals surface area contributed by atoms with E-state index in [9.17, 15) is 9.59 Å². The number of fused-ring (bicyclic) bond motifs is 1. The summed E-state index contributed by atoms with van der Waals surface area (Å²) < 4.78 is 0.400. The number of aromatic nitrogens is 2. The molecule has 198 valence electrons. The summed E-state index contributed by atoms with van der Waals surface area (Å²) in [4.78, 5) is 37.0. The summed E-state index contributed by atoms with van der Waals surface area (Å²) in [6, 6.07) is 23.4. The first-order valence-corrected chi connectivity index (χ1v) is 13.7. The fourth-order valence-electron chi connectivity index (χ4n) is 5.50. The minimum atomic E-state index is 0.0357. The topological polar surface area (TPSA) is 89.8 Å². The smallest absolute Gasteiger partial charge is 0.319 e. The number of unbranched alkanes of at least 4 members (excludes halogenated alkanes) is 1. The van der Waals surface area contributed by atoms with Crippen molar-refractivity contribution in [3.63, 3.8) is 0 Å². The van der Waals surface area contributed by atoms with Crippen LogP contribution in [0.4, 0.5) is 0 Å². The predicted octanol–water partition coefficient (Wildman–Crippen LogP) is 4.87. The number of amides is 2. The van der Waals surface area contributed by atoms with E-state index in [0.717, 1.165) is 52.8 Å².